The summed E-state index contributed by atoms with van der Waals surface area (Å²) in [6.45, 7) is 3.20. The Morgan fingerprint density at radius 2 is 1.96 bits per heavy atom. The number of benzene rings is 2. The highest BCUT2D eigenvalue weighted by atomic mass is 16.5. The molecule has 0 N–H and O–H groups in total. The predicted octanol–water partition coefficient (Wildman–Crippen LogP) is 4.09. The fourth-order valence-corrected chi connectivity index (χ4v) is 3.93. The second kappa shape index (κ2) is 6.13. The van der Waals surface area contributed by atoms with Crippen molar-refractivity contribution in [3.63, 3.8) is 0 Å². The molecule has 2 aliphatic rings. The third-order valence-corrected chi connectivity index (χ3v) is 5.48. The van der Waals surface area contributed by atoms with Crippen LogP contribution in [0, 0.1) is 6.92 Å². The van der Waals surface area contributed by atoms with Gasteiger partial charge in [0.2, 0.25) is 5.43 Å². The Morgan fingerprint density at radius 3 is 2.74 bits per heavy atom. The van der Waals surface area contributed by atoms with Crippen LogP contribution in [0.5, 0.6) is 11.5 Å². The molecule has 1 fully saturated rings. The number of nitrogens with zero attached hydrogens (tertiary/aromatic N) is 1. The Kier molecular flexibility index (Phi) is 3.72. The third-order valence-electron chi connectivity index (χ3n) is 5.48. The van der Waals surface area contributed by atoms with E-state index in [1.807, 2.05) is 43.3 Å². The van der Waals surface area contributed by atoms with Gasteiger partial charge in [-0.3, -0.25) is 9.69 Å². The molecule has 0 saturated heterocycles. The van der Waals surface area contributed by atoms with E-state index in [4.69, 9.17) is 13.9 Å². The maximum atomic E-state index is 13.4. The topological polar surface area (TPSA) is 51.9 Å². The molecule has 0 amide bonds. The summed E-state index contributed by atoms with van der Waals surface area (Å²) in [5, 5.41) is 0.585. The fourth-order valence-electron chi connectivity index (χ4n) is 3.93. The molecule has 0 radical (unpaired) electrons. The molecular formula is C22H21NO4. The molecule has 1 aromatic heterocycles. The predicted molar refractivity (Wildman–Crippen MR) is 103 cm³/mol. The Morgan fingerprint density at radius 1 is 1.15 bits per heavy atom. The highest BCUT2D eigenvalue weighted by Crippen LogP contribution is 2.38. The lowest BCUT2D eigenvalue weighted by molar-refractivity contribution is 0.0885. The average molecular weight is 363 g/mol. The first kappa shape index (κ1) is 16.4. The molecule has 2 heterocycles. The molecule has 1 saturated carbocycles. The van der Waals surface area contributed by atoms with Crippen LogP contribution in [-0.4, -0.2) is 24.8 Å². The average Bonchev–Trinajstić information content (AvgIpc) is 3.53. The van der Waals surface area contributed by atoms with Crippen LogP contribution < -0.4 is 14.9 Å². The van der Waals surface area contributed by atoms with Crippen molar-refractivity contribution >= 4 is 11.0 Å². The molecule has 5 rings (SSSR count). The van der Waals surface area contributed by atoms with Crippen molar-refractivity contribution in [2.45, 2.75) is 32.4 Å². The van der Waals surface area contributed by atoms with E-state index in [1.54, 1.807) is 7.11 Å². The molecule has 0 atom stereocenters. The van der Waals surface area contributed by atoms with Crippen molar-refractivity contribution in [3.8, 4) is 22.6 Å². The van der Waals surface area contributed by atoms with Gasteiger partial charge in [-0.2, -0.15) is 0 Å². The Hall–Kier alpha value is -2.79. The molecule has 1 aliphatic heterocycles. The van der Waals surface area contributed by atoms with Crippen molar-refractivity contribution < 1.29 is 13.9 Å². The van der Waals surface area contributed by atoms with Gasteiger partial charge >= 0.3 is 0 Å². The Labute approximate surface area is 157 Å². The summed E-state index contributed by atoms with van der Waals surface area (Å²) in [4.78, 5) is 15.7. The minimum absolute atomic E-state index is 0.0374. The van der Waals surface area contributed by atoms with Gasteiger partial charge < -0.3 is 13.9 Å². The number of hydrogen-bond acceptors (Lipinski definition) is 5. The number of fused-ring (bicyclic) bond motifs is 3. The minimum atomic E-state index is -0.0374. The van der Waals surface area contributed by atoms with Crippen molar-refractivity contribution in [2.24, 2.45) is 0 Å². The van der Waals surface area contributed by atoms with Crippen LogP contribution in [0.3, 0.4) is 0 Å². The van der Waals surface area contributed by atoms with E-state index >= 15 is 0 Å². The summed E-state index contributed by atoms with van der Waals surface area (Å²) in [5.74, 6) is 2.06. The van der Waals surface area contributed by atoms with E-state index in [0.29, 0.717) is 40.8 Å². The lowest BCUT2D eigenvalue weighted by atomic mass is 10.00. The molecule has 5 nitrogen and oxygen atoms in total. The third kappa shape index (κ3) is 2.61. The maximum absolute atomic E-state index is 13.4. The monoisotopic (exact) mass is 363 g/mol. The summed E-state index contributed by atoms with van der Waals surface area (Å²) in [6, 6.07) is 11.8. The van der Waals surface area contributed by atoms with E-state index in [9.17, 15) is 4.79 Å². The lowest BCUT2D eigenvalue weighted by Gasteiger charge is -2.29. The van der Waals surface area contributed by atoms with Crippen LogP contribution in [-0.2, 0) is 6.54 Å². The van der Waals surface area contributed by atoms with Gasteiger partial charge in [-0.15, -0.1) is 0 Å². The zero-order chi connectivity index (χ0) is 18.5. The van der Waals surface area contributed by atoms with Crippen LogP contribution in [0.25, 0.3) is 22.1 Å². The first-order chi connectivity index (χ1) is 13.2. The minimum Gasteiger partial charge on any atom is -0.496 e. The van der Waals surface area contributed by atoms with Gasteiger partial charge in [0, 0.05) is 18.2 Å². The first-order valence-corrected chi connectivity index (χ1v) is 9.27. The van der Waals surface area contributed by atoms with Gasteiger partial charge in [-0.05, 0) is 38.0 Å². The number of para-hydroxylation sites is 1. The lowest BCUT2D eigenvalue weighted by Crippen LogP contribution is -2.34. The van der Waals surface area contributed by atoms with Crippen molar-refractivity contribution in [1.29, 1.82) is 0 Å². The van der Waals surface area contributed by atoms with Gasteiger partial charge in [0.05, 0.1) is 23.6 Å². The number of ether oxygens (including phenoxy) is 2. The number of methoxy groups -OCH3 is 1. The maximum Gasteiger partial charge on any atom is 0.200 e. The first-order valence-electron chi connectivity index (χ1n) is 9.27. The van der Waals surface area contributed by atoms with E-state index in [2.05, 4.69) is 4.90 Å². The molecule has 3 aromatic rings. The zero-order valence-corrected chi connectivity index (χ0v) is 15.5. The molecule has 138 valence electrons. The second-order valence-corrected chi connectivity index (χ2v) is 7.23. The van der Waals surface area contributed by atoms with Gasteiger partial charge in [-0.1, -0.05) is 18.2 Å². The van der Waals surface area contributed by atoms with Crippen LogP contribution in [0.15, 0.2) is 45.6 Å². The summed E-state index contributed by atoms with van der Waals surface area (Å²) in [6.07, 6.45) is 2.43. The van der Waals surface area contributed by atoms with Crippen molar-refractivity contribution in [2.75, 3.05) is 13.8 Å². The Balaban J connectivity index is 1.72. The summed E-state index contributed by atoms with van der Waals surface area (Å²) < 4.78 is 17.6. The number of aryl methyl sites for hydroxylation is 1. The van der Waals surface area contributed by atoms with Crippen LogP contribution in [0.4, 0.5) is 0 Å². The molecule has 5 heteroatoms. The van der Waals surface area contributed by atoms with E-state index in [0.717, 1.165) is 23.4 Å². The van der Waals surface area contributed by atoms with Crippen LogP contribution in [0.2, 0.25) is 0 Å². The van der Waals surface area contributed by atoms with E-state index < -0.39 is 0 Å². The summed E-state index contributed by atoms with van der Waals surface area (Å²) in [5.41, 5.74) is 2.87. The van der Waals surface area contributed by atoms with Crippen molar-refractivity contribution in [3.05, 3.63) is 57.9 Å². The smallest absolute Gasteiger partial charge is 0.200 e. The highest BCUT2D eigenvalue weighted by molar-refractivity contribution is 5.87. The second-order valence-electron chi connectivity index (χ2n) is 7.23. The normalized spacial score (nSPS) is 16.8. The number of hydrogen-bond donors (Lipinski definition) is 0. The SMILES string of the molecule is COc1ccccc1-c1c(C)oc2c3c(ccc2c1=O)OCN(C1CC1)C3. The van der Waals surface area contributed by atoms with Gasteiger partial charge in [0.1, 0.15) is 29.6 Å². The van der Waals surface area contributed by atoms with Crippen LogP contribution in [0.1, 0.15) is 24.2 Å². The van der Waals surface area contributed by atoms with E-state index in [1.165, 1.54) is 12.8 Å². The van der Waals surface area contributed by atoms with E-state index in [-0.39, 0.29) is 5.43 Å². The van der Waals surface area contributed by atoms with Crippen LogP contribution >= 0.6 is 0 Å². The molecule has 1 aliphatic carbocycles. The van der Waals surface area contributed by atoms with Crippen molar-refractivity contribution in [1.82, 2.24) is 4.90 Å². The molecule has 0 spiro atoms. The quantitative estimate of drug-likeness (QED) is 0.701. The molecule has 0 bridgehead atoms. The van der Waals surface area contributed by atoms with Gasteiger partial charge in [-0.25, -0.2) is 0 Å². The summed E-state index contributed by atoms with van der Waals surface area (Å²) >= 11 is 0. The fraction of sp³-hybridized carbons (Fsp3) is 0.318. The van der Waals surface area contributed by atoms with Gasteiger partial charge in [0.15, 0.2) is 0 Å². The molecular weight excluding hydrogens is 342 g/mol. The Bertz CT molecular complexity index is 1100. The molecule has 27 heavy (non-hydrogen) atoms. The summed E-state index contributed by atoms with van der Waals surface area (Å²) in [7, 11) is 1.61. The zero-order valence-electron chi connectivity index (χ0n) is 15.5. The number of rotatable bonds is 3. The standard InChI is InChI=1S/C22H21NO4/c1-13-20(15-5-3-4-6-18(15)25-2)21(24)16-9-10-19-17(22(16)27-13)11-23(12-26-19)14-7-8-14/h3-6,9-10,14H,7-8,11-12H2,1-2H3. The van der Waals surface area contributed by atoms with Gasteiger partial charge in [0.25, 0.3) is 0 Å². The molecule has 0 unspecified atom stereocenters. The highest BCUT2D eigenvalue weighted by Gasteiger charge is 2.33. The largest absolute Gasteiger partial charge is 0.496 e. The molecule has 2 aromatic carbocycles.